The molecule has 2 nitrogen and oxygen atoms in total. The van der Waals surface area contributed by atoms with Crippen molar-refractivity contribution >= 4 is 39.6 Å². The highest BCUT2D eigenvalue weighted by Crippen LogP contribution is 2.39. The second-order valence-corrected chi connectivity index (χ2v) is 8.39. The summed E-state index contributed by atoms with van der Waals surface area (Å²) in [6.45, 7) is 2.90. The van der Waals surface area contributed by atoms with Crippen molar-refractivity contribution in [1.82, 2.24) is 0 Å². The number of hydrogen-bond donors (Lipinski definition) is 1. The minimum Gasteiger partial charge on any atom is -0.491 e. The molecule has 0 bridgehead atoms. The van der Waals surface area contributed by atoms with Crippen LogP contribution in [0.25, 0.3) is 0 Å². The van der Waals surface area contributed by atoms with Gasteiger partial charge in [0.1, 0.15) is 5.75 Å². The zero-order chi connectivity index (χ0) is 14.7. The fourth-order valence-electron chi connectivity index (χ4n) is 2.78. The third kappa shape index (κ3) is 3.54. The first-order valence-corrected chi connectivity index (χ1v) is 9.44. The van der Waals surface area contributed by atoms with E-state index in [0.29, 0.717) is 6.04 Å². The van der Waals surface area contributed by atoms with Crippen molar-refractivity contribution < 1.29 is 4.74 Å². The molecule has 1 aliphatic carbocycles. The molecule has 4 heteroatoms. The van der Waals surface area contributed by atoms with Crippen molar-refractivity contribution in [3.05, 3.63) is 43.7 Å². The lowest BCUT2D eigenvalue weighted by Crippen LogP contribution is -2.16. The van der Waals surface area contributed by atoms with Crippen molar-refractivity contribution in [3.63, 3.8) is 0 Å². The second kappa shape index (κ2) is 7.01. The molecule has 0 saturated heterocycles. The Kier molecular flexibility index (Phi) is 5.06. The van der Waals surface area contributed by atoms with Gasteiger partial charge in [0.25, 0.3) is 0 Å². The zero-order valence-electron chi connectivity index (χ0n) is 12.2. The van der Waals surface area contributed by atoms with Crippen LogP contribution in [0.5, 0.6) is 5.75 Å². The number of para-hydroxylation sites is 2. The van der Waals surface area contributed by atoms with Crippen molar-refractivity contribution in [2.75, 3.05) is 11.9 Å². The summed E-state index contributed by atoms with van der Waals surface area (Å²) in [5.74, 6) is 0.969. The number of benzene rings is 1. The number of nitrogens with one attached hydrogen (secondary N) is 1. The minimum atomic E-state index is 0.417. The van der Waals surface area contributed by atoms with Crippen LogP contribution >= 0.6 is 33.9 Å². The van der Waals surface area contributed by atoms with Crippen LogP contribution in [0.15, 0.2) is 30.3 Å². The number of ether oxygens (including phenoxy) is 1. The summed E-state index contributed by atoms with van der Waals surface area (Å²) in [4.78, 5) is 1.55. The average Bonchev–Trinajstić information content (AvgIpc) is 2.88. The monoisotopic (exact) mass is 413 g/mol. The Bertz CT molecular complexity index is 611. The van der Waals surface area contributed by atoms with Gasteiger partial charge >= 0.3 is 0 Å². The number of thiophene rings is 1. The lowest BCUT2D eigenvalue weighted by molar-refractivity contribution is 0.318. The molecule has 1 aliphatic rings. The van der Waals surface area contributed by atoms with Gasteiger partial charge in [0.15, 0.2) is 0 Å². The Labute approximate surface area is 144 Å². The van der Waals surface area contributed by atoms with Crippen LogP contribution in [-0.4, -0.2) is 6.61 Å². The summed E-state index contributed by atoms with van der Waals surface area (Å²) in [5, 5.41) is 3.71. The molecule has 1 unspecified atom stereocenters. The van der Waals surface area contributed by atoms with E-state index in [2.05, 4.69) is 59.1 Å². The van der Waals surface area contributed by atoms with Gasteiger partial charge in [0, 0.05) is 4.88 Å². The molecule has 0 radical (unpaired) electrons. The van der Waals surface area contributed by atoms with Gasteiger partial charge in [-0.1, -0.05) is 19.1 Å². The maximum Gasteiger partial charge on any atom is 0.142 e. The molecule has 0 saturated carbocycles. The van der Waals surface area contributed by atoms with E-state index in [4.69, 9.17) is 4.74 Å². The van der Waals surface area contributed by atoms with Gasteiger partial charge in [0.05, 0.1) is 21.2 Å². The molecule has 1 heterocycles. The number of fused-ring (bicyclic) bond motifs is 1. The molecule has 1 N–H and O–H groups in total. The van der Waals surface area contributed by atoms with E-state index in [1.54, 1.807) is 4.88 Å². The van der Waals surface area contributed by atoms with Gasteiger partial charge in [0.2, 0.25) is 0 Å². The number of rotatable bonds is 5. The van der Waals surface area contributed by atoms with E-state index in [1.807, 2.05) is 17.4 Å². The van der Waals surface area contributed by atoms with Crippen LogP contribution in [0.2, 0.25) is 0 Å². The lowest BCUT2D eigenvalue weighted by Gasteiger charge is -2.25. The highest BCUT2D eigenvalue weighted by molar-refractivity contribution is 14.1. The van der Waals surface area contributed by atoms with Gasteiger partial charge in [-0.2, -0.15) is 0 Å². The third-order valence-electron chi connectivity index (χ3n) is 3.76. The highest BCUT2D eigenvalue weighted by atomic mass is 127. The fourth-order valence-corrected chi connectivity index (χ4v) is 4.90. The molecule has 21 heavy (non-hydrogen) atoms. The number of halogens is 1. The summed E-state index contributed by atoms with van der Waals surface area (Å²) >= 11 is 4.37. The van der Waals surface area contributed by atoms with Crippen molar-refractivity contribution in [3.8, 4) is 5.75 Å². The van der Waals surface area contributed by atoms with Crippen LogP contribution in [0.1, 0.15) is 42.7 Å². The molecule has 2 aromatic rings. The molecular weight excluding hydrogens is 393 g/mol. The summed E-state index contributed by atoms with van der Waals surface area (Å²) in [6, 6.07) is 11.0. The molecule has 0 amide bonds. The summed E-state index contributed by atoms with van der Waals surface area (Å²) in [6.07, 6.45) is 4.72. The van der Waals surface area contributed by atoms with Crippen molar-refractivity contribution in [2.24, 2.45) is 0 Å². The molecule has 0 fully saturated rings. The molecule has 1 aromatic heterocycles. The standard InChI is InChI=1S/C17H20INOS/c1-2-10-20-15-8-4-3-6-14(15)19-13-7-5-9-16-12(13)11-17(18)21-16/h3-4,6,8,11,13,19H,2,5,7,9-10H2,1H3. The minimum absolute atomic E-state index is 0.417. The predicted molar refractivity (Wildman–Crippen MR) is 98.6 cm³/mol. The van der Waals surface area contributed by atoms with Crippen LogP contribution in [0.4, 0.5) is 5.69 Å². The molecule has 0 spiro atoms. The molecule has 0 aliphatic heterocycles. The number of anilines is 1. The Morgan fingerprint density at radius 1 is 1.38 bits per heavy atom. The average molecular weight is 413 g/mol. The van der Waals surface area contributed by atoms with Crippen LogP contribution in [0, 0.1) is 2.88 Å². The van der Waals surface area contributed by atoms with Gasteiger partial charge in [-0.15, -0.1) is 11.3 Å². The first-order chi connectivity index (χ1) is 10.3. The molecule has 3 rings (SSSR count). The SMILES string of the molecule is CCCOc1ccccc1NC1CCCc2sc(I)cc21. The van der Waals surface area contributed by atoms with Gasteiger partial charge in [-0.3, -0.25) is 0 Å². The predicted octanol–water partition coefficient (Wildman–Crippen LogP) is 5.63. The van der Waals surface area contributed by atoms with Gasteiger partial charge < -0.3 is 10.1 Å². The Morgan fingerprint density at radius 3 is 3.10 bits per heavy atom. The largest absolute Gasteiger partial charge is 0.491 e. The molecular formula is C17H20INOS. The maximum atomic E-state index is 5.86. The zero-order valence-corrected chi connectivity index (χ0v) is 15.2. The highest BCUT2D eigenvalue weighted by Gasteiger charge is 2.23. The summed E-state index contributed by atoms with van der Waals surface area (Å²) in [7, 11) is 0. The van der Waals surface area contributed by atoms with Gasteiger partial charge in [-0.25, -0.2) is 0 Å². The van der Waals surface area contributed by atoms with Crippen molar-refractivity contribution in [1.29, 1.82) is 0 Å². The van der Waals surface area contributed by atoms with E-state index in [-0.39, 0.29) is 0 Å². The van der Waals surface area contributed by atoms with Crippen molar-refractivity contribution in [2.45, 2.75) is 38.6 Å². The fraction of sp³-hybridized carbons (Fsp3) is 0.412. The normalized spacial score (nSPS) is 17.3. The summed E-state index contributed by atoms with van der Waals surface area (Å²) in [5.41, 5.74) is 2.60. The van der Waals surface area contributed by atoms with Crippen LogP contribution in [-0.2, 0) is 6.42 Å². The number of aryl methyl sites for hydroxylation is 1. The van der Waals surface area contributed by atoms with E-state index in [9.17, 15) is 0 Å². The third-order valence-corrected chi connectivity index (χ3v) is 5.73. The second-order valence-electron chi connectivity index (χ2n) is 5.36. The Balaban J connectivity index is 1.81. The van der Waals surface area contributed by atoms with E-state index < -0.39 is 0 Å². The summed E-state index contributed by atoms with van der Waals surface area (Å²) < 4.78 is 7.25. The maximum absolute atomic E-state index is 5.86. The van der Waals surface area contributed by atoms with Gasteiger partial charge in [-0.05, 0) is 72.0 Å². The quantitative estimate of drug-likeness (QED) is 0.642. The smallest absolute Gasteiger partial charge is 0.142 e. The van der Waals surface area contributed by atoms with Crippen LogP contribution in [0.3, 0.4) is 0 Å². The molecule has 1 atom stereocenters. The molecule has 1 aromatic carbocycles. The molecule has 112 valence electrons. The van der Waals surface area contributed by atoms with E-state index in [1.165, 1.54) is 27.7 Å². The first-order valence-electron chi connectivity index (χ1n) is 7.54. The Hall–Kier alpha value is -0.750. The topological polar surface area (TPSA) is 21.3 Å². The first kappa shape index (κ1) is 15.2. The Morgan fingerprint density at radius 2 is 2.24 bits per heavy atom. The van der Waals surface area contributed by atoms with E-state index >= 15 is 0 Å². The number of hydrogen-bond acceptors (Lipinski definition) is 3. The van der Waals surface area contributed by atoms with E-state index in [0.717, 1.165) is 24.5 Å². The van der Waals surface area contributed by atoms with Crippen LogP contribution < -0.4 is 10.1 Å². The lowest BCUT2D eigenvalue weighted by atomic mass is 9.94.